The van der Waals surface area contributed by atoms with Crippen LogP contribution in [0.25, 0.3) is 0 Å². The van der Waals surface area contributed by atoms with E-state index in [0.717, 1.165) is 11.8 Å². The molecule has 0 radical (unpaired) electrons. The summed E-state index contributed by atoms with van der Waals surface area (Å²) < 4.78 is 0. The Morgan fingerprint density at radius 2 is 2.00 bits per heavy atom. The Kier molecular flexibility index (Phi) is 3.38. The lowest BCUT2D eigenvalue weighted by molar-refractivity contribution is 0.223. The first-order valence-corrected chi connectivity index (χ1v) is 5.01. The fourth-order valence-electron chi connectivity index (χ4n) is 2.20. The Labute approximate surface area is 70.4 Å². The molecule has 1 fully saturated rings. The van der Waals surface area contributed by atoms with Crippen LogP contribution in [-0.4, -0.2) is 6.04 Å². The molecule has 0 amide bonds. The molecule has 1 unspecified atom stereocenters. The van der Waals surface area contributed by atoms with Gasteiger partial charge in [-0.05, 0) is 24.7 Å². The topological polar surface area (TPSA) is 26.0 Å². The number of rotatable bonds is 2. The molecule has 66 valence electrons. The molecule has 1 aliphatic rings. The van der Waals surface area contributed by atoms with Gasteiger partial charge in [-0.2, -0.15) is 0 Å². The van der Waals surface area contributed by atoms with Crippen molar-refractivity contribution in [3.63, 3.8) is 0 Å². The maximum Gasteiger partial charge on any atom is 0.00697 e. The molecule has 0 bridgehead atoms. The summed E-state index contributed by atoms with van der Waals surface area (Å²) in [6.45, 7) is 4.61. The smallest absolute Gasteiger partial charge is 0.00697 e. The Balaban J connectivity index is 2.40. The van der Waals surface area contributed by atoms with E-state index in [1.54, 1.807) is 0 Å². The predicted octanol–water partition coefficient (Wildman–Crippen LogP) is 2.55. The van der Waals surface area contributed by atoms with E-state index in [2.05, 4.69) is 13.8 Å². The zero-order valence-electron chi connectivity index (χ0n) is 7.84. The fraction of sp³-hybridized carbons (Fsp3) is 1.00. The van der Waals surface area contributed by atoms with E-state index in [1.807, 2.05) is 0 Å². The van der Waals surface area contributed by atoms with E-state index in [4.69, 9.17) is 5.73 Å². The minimum atomic E-state index is 0.499. The van der Waals surface area contributed by atoms with Crippen molar-refractivity contribution in [3.8, 4) is 0 Å². The van der Waals surface area contributed by atoms with Gasteiger partial charge in [0.1, 0.15) is 0 Å². The van der Waals surface area contributed by atoms with Gasteiger partial charge in [-0.3, -0.25) is 0 Å². The molecule has 1 aliphatic carbocycles. The summed E-state index contributed by atoms with van der Waals surface area (Å²) in [4.78, 5) is 0. The highest BCUT2D eigenvalue weighted by atomic mass is 14.7. The van der Waals surface area contributed by atoms with Crippen molar-refractivity contribution in [2.24, 2.45) is 17.6 Å². The minimum absolute atomic E-state index is 0.499. The highest BCUT2D eigenvalue weighted by Gasteiger charge is 2.25. The summed E-state index contributed by atoms with van der Waals surface area (Å²) in [6.07, 6.45) is 6.68. The predicted molar refractivity (Wildman–Crippen MR) is 49.4 cm³/mol. The fourth-order valence-corrected chi connectivity index (χ4v) is 2.20. The van der Waals surface area contributed by atoms with E-state index >= 15 is 0 Å². The summed E-state index contributed by atoms with van der Waals surface area (Å²) in [5.41, 5.74) is 6.06. The van der Waals surface area contributed by atoms with Gasteiger partial charge in [0, 0.05) is 6.04 Å². The molecule has 0 heterocycles. The second kappa shape index (κ2) is 4.10. The van der Waals surface area contributed by atoms with E-state index in [1.165, 1.54) is 32.1 Å². The molecule has 0 aromatic rings. The Hall–Kier alpha value is -0.0400. The van der Waals surface area contributed by atoms with Crippen LogP contribution in [0.2, 0.25) is 0 Å². The third kappa shape index (κ3) is 2.19. The third-order valence-electron chi connectivity index (χ3n) is 3.25. The molecule has 0 saturated heterocycles. The average Bonchev–Trinajstić information content (AvgIpc) is 2.04. The first kappa shape index (κ1) is 9.05. The molecule has 0 aliphatic heterocycles. The van der Waals surface area contributed by atoms with E-state index in [9.17, 15) is 0 Å². The molecule has 11 heavy (non-hydrogen) atoms. The largest absolute Gasteiger partial charge is 0.327 e. The van der Waals surface area contributed by atoms with Crippen molar-refractivity contribution < 1.29 is 0 Å². The summed E-state index contributed by atoms with van der Waals surface area (Å²) in [7, 11) is 0. The normalized spacial score (nSPS) is 35.2. The average molecular weight is 155 g/mol. The highest BCUT2D eigenvalue weighted by molar-refractivity contribution is 4.80. The van der Waals surface area contributed by atoms with E-state index in [-0.39, 0.29) is 0 Å². The number of hydrogen-bond donors (Lipinski definition) is 1. The first-order valence-electron chi connectivity index (χ1n) is 5.01. The minimum Gasteiger partial charge on any atom is -0.327 e. The Morgan fingerprint density at radius 1 is 1.36 bits per heavy atom. The van der Waals surface area contributed by atoms with Gasteiger partial charge in [0.15, 0.2) is 0 Å². The van der Waals surface area contributed by atoms with Crippen LogP contribution in [0.1, 0.15) is 46.0 Å². The zero-order chi connectivity index (χ0) is 8.27. The van der Waals surface area contributed by atoms with Crippen LogP contribution < -0.4 is 5.73 Å². The number of hydrogen-bond acceptors (Lipinski definition) is 1. The molecule has 0 aromatic carbocycles. The van der Waals surface area contributed by atoms with Gasteiger partial charge in [0.2, 0.25) is 0 Å². The molecule has 3 atom stereocenters. The SMILES string of the molecule is CCC(C)[C@@H]1CCCC[C@@H]1N. The lowest BCUT2D eigenvalue weighted by atomic mass is 9.77. The second-order valence-corrected chi connectivity index (χ2v) is 4.00. The standard InChI is InChI=1S/C10H21N/c1-3-8(2)9-6-4-5-7-10(9)11/h8-10H,3-7,11H2,1-2H3/t8?,9-,10-/m0/s1. The van der Waals surface area contributed by atoms with Gasteiger partial charge in [0.05, 0.1) is 0 Å². The third-order valence-corrected chi connectivity index (χ3v) is 3.25. The van der Waals surface area contributed by atoms with Crippen LogP contribution >= 0.6 is 0 Å². The van der Waals surface area contributed by atoms with E-state index < -0.39 is 0 Å². The lowest BCUT2D eigenvalue weighted by Crippen LogP contribution is -2.36. The molecule has 1 rings (SSSR count). The summed E-state index contributed by atoms with van der Waals surface area (Å²) in [5, 5.41) is 0. The zero-order valence-corrected chi connectivity index (χ0v) is 7.84. The lowest BCUT2D eigenvalue weighted by Gasteiger charge is -2.32. The number of nitrogens with two attached hydrogens (primary N) is 1. The van der Waals surface area contributed by atoms with Crippen LogP contribution in [0.4, 0.5) is 0 Å². The van der Waals surface area contributed by atoms with Gasteiger partial charge >= 0.3 is 0 Å². The van der Waals surface area contributed by atoms with Crippen molar-refractivity contribution in [3.05, 3.63) is 0 Å². The molecule has 0 spiro atoms. The first-order chi connectivity index (χ1) is 5.25. The Bertz CT molecular complexity index is 107. The monoisotopic (exact) mass is 155 g/mol. The molecule has 0 aromatic heterocycles. The van der Waals surface area contributed by atoms with Crippen molar-refractivity contribution >= 4 is 0 Å². The molecular formula is C10H21N. The van der Waals surface area contributed by atoms with Gasteiger partial charge in [-0.1, -0.05) is 33.1 Å². The van der Waals surface area contributed by atoms with Gasteiger partial charge in [-0.15, -0.1) is 0 Å². The molecule has 1 saturated carbocycles. The summed E-state index contributed by atoms with van der Waals surface area (Å²) >= 11 is 0. The quantitative estimate of drug-likeness (QED) is 0.651. The molecule has 1 heteroatoms. The van der Waals surface area contributed by atoms with E-state index in [0.29, 0.717) is 6.04 Å². The molecular weight excluding hydrogens is 134 g/mol. The highest BCUT2D eigenvalue weighted by Crippen LogP contribution is 2.30. The van der Waals surface area contributed by atoms with Crippen LogP contribution in [0.3, 0.4) is 0 Å². The van der Waals surface area contributed by atoms with Crippen LogP contribution in [-0.2, 0) is 0 Å². The summed E-state index contributed by atoms with van der Waals surface area (Å²) in [6, 6.07) is 0.499. The van der Waals surface area contributed by atoms with Crippen molar-refractivity contribution in [2.75, 3.05) is 0 Å². The second-order valence-electron chi connectivity index (χ2n) is 4.00. The van der Waals surface area contributed by atoms with Crippen LogP contribution in [0.15, 0.2) is 0 Å². The van der Waals surface area contributed by atoms with Crippen molar-refractivity contribution in [2.45, 2.75) is 52.0 Å². The van der Waals surface area contributed by atoms with Gasteiger partial charge in [0.25, 0.3) is 0 Å². The molecule has 2 N–H and O–H groups in total. The maximum absolute atomic E-state index is 6.06. The van der Waals surface area contributed by atoms with Crippen molar-refractivity contribution in [1.29, 1.82) is 0 Å². The Morgan fingerprint density at radius 3 is 2.55 bits per heavy atom. The van der Waals surface area contributed by atoms with Gasteiger partial charge in [-0.25, -0.2) is 0 Å². The molecule has 1 nitrogen and oxygen atoms in total. The van der Waals surface area contributed by atoms with Crippen LogP contribution in [0, 0.1) is 11.8 Å². The van der Waals surface area contributed by atoms with Crippen molar-refractivity contribution in [1.82, 2.24) is 0 Å². The maximum atomic E-state index is 6.06. The van der Waals surface area contributed by atoms with Crippen LogP contribution in [0.5, 0.6) is 0 Å². The van der Waals surface area contributed by atoms with Gasteiger partial charge < -0.3 is 5.73 Å². The summed E-state index contributed by atoms with van der Waals surface area (Å²) in [5.74, 6) is 1.65.